The molecule has 1 amide bonds. The minimum atomic E-state index is -0.476. The second kappa shape index (κ2) is 9.44. The van der Waals surface area contributed by atoms with Crippen molar-refractivity contribution in [3.8, 4) is 11.1 Å². The van der Waals surface area contributed by atoms with Crippen molar-refractivity contribution >= 4 is 34.3 Å². The number of furan rings is 1. The molecule has 0 radical (unpaired) electrons. The number of anilines is 1. The number of nitrogens with one attached hydrogen (secondary N) is 1. The summed E-state index contributed by atoms with van der Waals surface area (Å²) in [5.41, 5.74) is 2.66. The molecule has 1 N–H and O–H groups in total. The van der Waals surface area contributed by atoms with Gasteiger partial charge in [-0.15, -0.1) is 0 Å². The van der Waals surface area contributed by atoms with Gasteiger partial charge in [0.15, 0.2) is 10.9 Å². The van der Waals surface area contributed by atoms with Gasteiger partial charge in [0.05, 0.1) is 0 Å². The van der Waals surface area contributed by atoms with Crippen LogP contribution in [0.15, 0.2) is 94.8 Å². The van der Waals surface area contributed by atoms with Crippen LogP contribution in [0.25, 0.3) is 22.1 Å². The van der Waals surface area contributed by atoms with E-state index in [9.17, 15) is 13.6 Å². The van der Waals surface area contributed by atoms with E-state index >= 15 is 0 Å². The number of para-hydroxylation sites is 1. The summed E-state index contributed by atoms with van der Waals surface area (Å²) in [4.78, 5) is 21.8. The number of hydrogen-bond acceptors (Lipinski definition) is 5. The van der Waals surface area contributed by atoms with Crippen LogP contribution in [0.2, 0.25) is 0 Å². The molecule has 8 heteroatoms. The van der Waals surface area contributed by atoms with Gasteiger partial charge in [0.25, 0.3) is 5.91 Å². The van der Waals surface area contributed by atoms with Crippen LogP contribution < -0.4 is 5.32 Å². The molecule has 0 aliphatic rings. The second-order valence-corrected chi connectivity index (χ2v) is 8.32. The van der Waals surface area contributed by atoms with E-state index in [-0.39, 0.29) is 5.76 Å². The third-order valence-corrected chi connectivity index (χ3v) is 6.08. The van der Waals surface area contributed by atoms with Gasteiger partial charge in [-0.05, 0) is 48.0 Å². The van der Waals surface area contributed by atoms with Crippen molar-refractivity contribution in [2.45, 2.75) is 10.9 Å². The van der Waals surface area contributed by atoms with E-state index in [1.54, 1.807) is 24.5 Å². The molecular formula is C26H17F2N3O2S. The molecule has 0 fully saturated rings. The Hall–Kier alpha value is -4.04. The summed E-state index contributed by atoms with van der Waals surface area (Å²) in [7, 11) is 0. The van der Waals surface area contributed by atoms with Crippen LogP contribution in [0, 0.1) is 11.6 Å². The predicted octanol–water partition coefficient (Wildman–Crippen LogP) is 6.71. The molecule has 0 aliphatic heterocycles. The van der Waals surface area contributed by atoms with E-state index in [1.807, 2.05) is 18.2 Å². The summed E-state index contributed by atoms with van der Waals surface area (Å²) in [6.07, 6.45) is 3.31. The number of halogens is 2. The number of nitrogens with zero attached hydrogens (tertiary/aromatic N) is 2. The summed E-state index contributed by atoms with van der Waals surface area (Å²) in [5, 5.41) is 4.23. The predicted molar refractivity (Wildman–Crippen MR) is 128 cm³/mol. The number of thioether (sulfide) groups is 1. The van der Waals surface area contributed by atoms with Crippen molar-refractivity contribution in [3.63, 3.8) is 0 Å². The smallest absolute Gasteiger partial charge is 0.291 e. The molecule has 2 heterocycles. The number of aromatic nitrogens is 2. The fraction of sp³-hybridized carbons (Fsp3) is 0.0385. The van der Waals surface area contributed by atoms with E-state index in [1.165, 1.54) is 54.2 Å². The van der Waals surface area contributed by atoms with Gasteiger partial charge >= 0.3 is 0 Å². The number of benzene rings is 3. The van der Waals surface area contributed by atoms with Gasteiger partial charge in [-0.1, -0.05) is 42.1 Å². The lowest BCUT2D eigenvalue weighted by Crippen LogP contribution is -2.13. The van der Waals surface area contributed by atoms with Gasteiger partial charge in [-0.2, -0.15) is 0 Å². The highest BCUT2D eigenvalue weighted by Crippen LogP contribution is 2.33. The fourth-order valence-electron chi connectivity index (χ4n) is 3.60. The van der Waals surface area contributed by atoms with Crippen molar-refractivity contribution in [2.24, 2.45) is 0 Å². The molecule has 168 valence electrons. The van der Waals surface area contributed by atoms with Crippen molar-refractivity contribution in [1.82, 2.24) is 9.97 Å². The summed E-state index contributed by atoms with van der Waals surface area (Å²) in [6.45, 7) is 0. The Morgan fingerprint density at radius 3 is 2.44 bits per heavy atom. The van der Waals surface area contributed by atoms with Crippen molar-refractivity contribution < 1.29 is 18.0 Å². The van der Waals surface area contributed by atoms with Crippen LogP contribution >= 0.6 is 11.8 Å². The van der Waals surface area contributed by atoms with Crippen molar-refractivity contribution in [3.05, 3.63) is 108 Å². The fourth-order valence-corrected chi connectivity index (χ4v) is 4.43. The Kier molecular flexibility index (Phi) is 6.05. The lowest BCUT2D eigenvalue weighted by molar-refractivity contribution is 0.0998. The second-order valence-electron chi connectivity index (χ2n) is 7.38. The Bertz CT molecular complexity index is 1470. The lowest BCUT2D eigenvalue weighted by atomic mass is 10.0. The quantitative estimate of drug-likeness (QED) is 0.219. The molecule has 0 saturated carbocycles. The van der Waals surface area contributed by atoms with E-state index in [0.717, 1.165) is 5.39 Å². The molecule has 0 spiro atoms. The average Bonchev–Trinajstić information content (AvgIpc) is 3.24. The molecule has 3 aromatic carbocycles. The van der Waals surface area contributed by atoms with Gasteiger partial charge in [-0.25, -0.2) is 18.7 Å². The van der Waals surface area contributed by atoms with E-state index < -0.39 is 17.5 Å². The van der Waals surface area contributed by atoms with Gasteiger partial charge in [0.1, 0.15) is 17.2 Å². The van der Waals surface area contributed by atoms with E-state index in [0.29, 0.717) is 38.9 Å². The maximum atomic E-state index is 14.0. The summed E-state index contributed by atoms with van der Waals surface area (Å²) >= 11 is 1.39. The van der Waals surface area contributed by atoms with Crippen LogP contribution in [0.1, 0.15) is 16.1 Å². The highest BCUT2D eigenvalue weighted by molar-refractivity contribution is 7.98. The van der Waals surface area contributed by atoms with Crippen molar-refractivity contribution in [2.75, 3.05) is 5.32 Å². The highest BCUT2D eigenvalue weighted by Gasteiger charge is 2.22. The number of carbonyl (C=O) groups excluding carboxylic acids is 1. The summed E-state index contributed by atoms with van der Waals surface area (Å²) < 4.78 is 33.3. The standard InChI is InChI=1S/C26H17F2N3O2S/c27-17-8-6-16(7-9-17)20-14-18(28)10-11-22(20)31-25(32)24-21(15-34-26-29-12-3-13-30-26)19-4-1-2-5-23(19)33-24/h1-14H,15H2,(H,31,32). The number of rotatable bonds is 6. The number of fused-ring (bicyclic) bond motifs is 1. The first kappa shape index (κ1) is 21.8. The Morgan fingerprint density at radius 1 is 0.912 bits per heavy atom. The molecule has 2 aromatic heterocycles. The number of carbonyl (C=O) groups is 1. The SMILES string of the molecule is O=C(Nc1ccc(F)cc1-c1ccc(F)cc1)c1oc2ccccc2c1CSc1ncccn1. The van der Waals surface area contributed by atoms with Crippen LogP contribution in [0.5, 0.6) is 0 Å². The third kappa shape index (κ3) is 4.53. The topological polar surface area (TPSA) is 68.0 Å². The maximum absolute atomic E-state index is 14.0. The first-order chi connectivity index (χ1) is 16.6. The Labute approximate surface area is 197 Å². The van der Waals surface area contributed by atoms with Gasteiger partial charge in [-0.3, -0.25) is 4.79 Å². The zero-order valence-electron chi connectivity index (χ0n) is 17.7. The van der Waals surface area contributed by atoms with Gasteiger partial charge in [0.2, 0.25) is 0 Å². The zero-order valence-corrected chi connectivity index (χ0v) is 18.5. The molecule has 34 heavy (non-hydrogen) atoms. The van der Waals surface area contributed by atoms with Crippen LogP contribution in [0.3, 0.4) is 0 Å². The Morgan fingerprint density at radius 2 is 1.65 bits per heavy atom. The normalized spacial score (nSPS) is 11.0. The van der Waals surface area contributed by atoms with Crippen LogP contribution in [0.4, 0.5) is 14.5 Å². The molecule has 5 rings (SSSR count). The Balaban J connectivity index is 1.49. The average molecular weight is 474 g/mol. The zero-order chi connectivity index (χ0) is 23.5. The minimum absolute atomic E-state index is 0.152. The molecule has 0 unspecified atom stereocenters. The first-order valence-corrected chi connectivity index (χ1v) is 11.3. The van der Waals surface area contributed by atoms with Gasteiger partial charge in [0, 0.05) is 40.3 Å². The minimum Gasteiger partial charge on any atom is -0.451 e. The molecule has 0 bridgehead atoms. The van der Waals surface area contributed by atoms with Crippen LogP contribution in [-0.2, 0) is 5.75 Å². The third-order valence-electron chi connectivity index (χ3n) is 5.18. The maximum Gasteiger partial charge on any atom is 0.291 e. The number of amides is 1. The molecular weight excluding hydrogens is 456 g/mol. The molecule has 5 nitrogen and oxygen atoms in total. The summed E-state index contributed by atoms with van der Waals surface area (Å²) in [5.74, 6) is -0.786. The largest absolute Gasteiger partial charge is 0.451 e. The lowest BCUT2D eigenvalue weighted by Gasteiger charge is -2.12. The number of hydrogen-bond donors (Lipinski definition) is 1. The molecule has 0 aliphatic carbocycles. The molecule has 0 saturated heterocycles. The van der Waals surface area contributed by atoms with Gasteiger partial charge < -0.3 is 9.73 Å². The monoisotopic (exact) mass is 473 g/mol. The van der Waals surface area contributed by atoms with Crippen molar-refractivity contribution in [1.29, 1.82) is 0 Å². The first-order valence-electron chi connectivity index (χ1n) is 10.4. The molecule has 0 atom stereocenters. The van der Waals surface area contributed by atoms with E-state index in [2.05, 4.69) is 15.3 Å². The highest BCUT2D eigenvalue weighted by atomic mass is 32.2. The van der Waals surface area contributed by atoms with E-state index in [4.69, 9.17) is 4.42 Å². The van der Waals surface area contributed by atoms with Crippen LogP contribution in [-0.4, -0.2) is 15.9 Å². The summed E-state index contributed by atoms with van der Waals surface area (Å²) in [6, 6.07) is 18.8. The molecule has 5 aromatic rings.